The van der Waals surface area contributed by atoms with E-state index in [0.29, 0.717) is 12.1 Å². The summed E-state index contributed by atoms with van der Waals surface area (Å²) in [4.78, 5) is 3.23. The molecule has 2 heterocycles. The molecule has 14 heavy (non-hydrogen) atoms. The number of H-pyrrole nitrogens is 1. The Morgan fingerprint density at radius 3 is 3.00 bits per heavy atom. The number of aromatic amines is 1. The maximum Gasteiger partial charge on any atom is 0.0446 e. The van der Waals surface area contributed by atoms with Gasteiger partial charge in [-0.15, -0.1) is 12.4 Å². The quantitative estimate of drug-likeness (QED) is 0.715. The fourth-order valence-corrected chi connectivity index (χ4v) is 1.85. The third-order valence-corrected chi connectivity index (χ3v) is 2.63. The summed E-state index contributed by atoms with van der Waals surface area (Å²) in [6.45, 7) is 4.45. The molecule has 0 spiro atoms. The Morgan fingerprint density at radius 1 is 1.57 bits per heavy atom. The average molecular weight is 216 g/mol. The number of aromatic nitrogens is 1. The highest BCUT2D eigenvalue weighted by molar-refractivity contribution is 5.85. The van der Waals surface area contributed by atoms with Crippen LogP contribution in [0.5, 0.6) is 0 Å². The molecule has 1 fully saturated rings. The fourth-order valence-electron chi connectivity index (χ4n) is 1.85. The zero-order valence-corrected chi connectivity index (χ0v) is 9.23. The Morgan fingerprint density at radius 2 is 2.43 bits per heavy atom. The van der Waals surface area contributed by atoms with Crippen LogP contribution < -0.4 is 10.6 Å². The van der Waals surface area contributed by atoms with Crippen LogP contribution in [0.3, 0.4) is 0 Å². The van der Waals surface area contributed by atoms with E-state index in [4.69, 9.17) is 0 Å². The highest BCUT2D eigenvalue weighted by Crippen LogP contribution is 2.11. The predicted molar refractivity (Wildman–Crippen MR) is 60.9 cm³/mol. The maximum absolute atomic E-state index is 3.59. The van der Waals surface area contributed by atoms with Gasteiger partial charge in [0.15, 0.2) is 0 Å². The molecule has 1 aliphatic rings. The van der Waals surface area contributed by atoms with Gasteiger partial charge in [-0.3, -0.25) is 0 Å². The second kappa shape index (κ2) is 5.39. The summed E-state index contributed by atoms with van der Waals surface area (Å²) in [5, 5.41) is 6.94. The SMILES string of the molecule is CC(NC1CCNC1)c1ccc[nH]1.Cl. The van der Waals surface area contributed by atoms with E-state index < -0.39 is 0 Å². The summed E-state index contributed by atoms with van der Waals surface area (Å²) in [5.74, 6) is 0. The van der Waals surface area contributed by atoms with Crippen LogP contribution in [0.15, 0.2) is 18.3 Å². The van der Waals surface area contributed by atoms with E-state index in [1.165, 1.54) is 12.1 Å². The molecule has 0 aliphatic carbocycles. The minimum Gasteiger partial charge on any atom is -0.364 e. The molecule has 1 aromatic rings. The summed E-state index contributed by atoms with van der Waals surface area (Å²) in [7, 11) is 0. The van der Waals surface area contributed by atoms with E-state index in [0.717, 1.165) is 13.1 Å². The van der Waals surface area contributed by atoms with Crippen LogP contribution in [0.4, 0.5) is 0 Å². The molecule has 80 valence electrons. The van der Waals surface area contributed by atoms with Crippen LogP contribution in [0, 0.1) is 0 Å². The molecule has 3 nitrogen and oxygen atoms in total. The molecule has 2 unspecified atom stereocenters. The molecular formula is C10H18ClN3. The van der Waals surface area contributed by atoms with Crippen molar-refractivity contribution < 1.29 is 0 Å². The maximum atomic E-state index is 3.59. The Balaban J connectivity index is 0.000000980. The van der Waals surface area contributed by atoms with Crippen molar-refractivity contribution >= 4 is 12.4 Å². The van der Waals surface area contributed by atoms with Crippen molar-refractivity contribution in [2.24, 2.45) is 0 Å². The van der Waals surface area contributed by atoms with Crippen molar-refractivity contribution in [2.45, 2.75) is 25.4 Å². The normalized spacial score (nSPS) is 23.1. The third kappa shape index (κ3) is 2.74. The zero-order chi connectivity index (χ0) is 9.10. The van der Waals surface area contributed by atoms with Crippen LogP contribution in [0.25, 0.3) is 0 Å². The van der Waals surface area contributed by atoms with Gasteiger partial charge in [-0.1, -0.05) is 0 Å². The predicted octanol–water partition coefficient (Wildman–Crippen LogP) is 1.45. The lowest BCUT2D eigenvalue weighted by Gasteiger charge is -2.17. The lowest BCUT2D eigenvalue weighted by atomic mass is 10.2. The molecule has 2 atom stereocenters. The minimum absolute atomic E-state index is 0. The highest BCUT2D eigenvalue weighted by Gasteiger charge is 2.17. The number of halogens is 1. The van der Waals surface area contributed by atoms with Gasteiger partial charge in [-0.05, 0) is 32.0 Å². The molecule has 1 saturated heterocycles. The second-order valence-electron chi connectivity index (χ2n) is 3.70. The summed E-state index contributed by atoms with van der Waals surface area (Å²) in [6, 6.07) is 5.23. The van der Waals surface area contributed by atoms with Crippen molar-refractivity contribution in [3.63, 3.8) is 0 Å². The van der Waals surface area contributed by atoms with Crippen molar-refractivity contribution in [3.05, 3.63) is 24.0 Å². The smallest absolute Gasteiger partial charge is 0.0446 e. The standard InChI is InChI=1S/C10H17N3.ClH/c1-8(10-3-2-5-12-10)13-9-4-6-11-7-9;/h2-3,5,8-9,11-13H,4,6-7H2,1H3;1H. The molecule has 2 rings (SSSR count). The molecule has 1 aromatic heterocycles. The molecule has 0 saturated carbocycles. The van der Waals surface area contributed by atoms with Crippen LogP contribution in [0.1, 0.15) is 25.1 Å². The third-order valence-electron chi connectivity index (χ3n) is 2.63. The molecule has 3 N–H and O–H groups in total. The van der Waals surface area contributed by atoms with Gasteiger partial charge in [0, 0.05) is 30.5 Å². The van der Waals surface area contributed by atoms with Gasteiger partial charge >= 0.3 is 0 Å². The van der Waals surface area contributed by atoms with Gasteiger partial charge in [-0.2, -0.15) is 0 Å². The van der Waals surface area contributed by atoms with E-state index >= 15 is 0 Å². The first-order chi connectivity index (χ1) is 6.36. The molecule has 0 bridgehead atoms. The largest absolute Gasteiger partial charge is 0.364 e. The summed E-state index contributed by atoms with van der Waals surface area (Å²) < 4.78 is 0. The molecule has 1 aliphatic heterocycles. The first-order valence-electron chi connectivity index (χ1n) is 4.96. The van der Waals surface area contributed by atoms with E-state index in [2.05, 4.69) is 28.6 Å². The van der Waals surface area contributed by atoms with Gasteiger partial charge in [0.25, 0.3) is 0 Å². The number of rotatable bonds is 3. The van der Waals surface area contributed by atoms with Crippen molar-refractivity contribution in [3.8, 4) is 0 Å². The lowest BCUT2D eigenvalue weighted by molar-refractivity contribution is 0.472. The highest BCUT2D eigenvalue weighted by atomic mass is 35.5. The van der Waals surface area contributed by atoms with E-state index in [1.807, 2.05) is 12.3 Å². The number of nitrogens with one attached hydrogen (secondary N) is 3. The molecule has 0 amide bonds. The minimum atomic E-state index is 0. The van der Waals surface area contributed by atoms with Gasteiger partial charge in [0.2, 0.25) is 0 Å². The fraction of sp³-hybridized carbons (Fsp3) is 0.600. The van der Waals surface area contributed by atoms with E-state index in [1.54, 1.807) is 0 Å². The Hall–Kier alpha value is -0.510. The first-order valence-corrected chi connectivity index (χ1v) is 4.96. The number of hydrogen-bond acceptors (Lipinski definition) is 2. The Bertz CT molecular complexity index is 242. The van der Waals surface area contributed by atoms with Crippen LogP contribution in [-0.2, 0) is 0 Å². The monoisotopic (exact) mass is 215 g/mol. The van der Waals surface area contributed by atoms with Crippen molar-refractivity contribution in [1.82, 2.24) is 15.6 Å². The first kappa shape index (κ1) is 11.6. The number of hydrogen-bond donors (Lipinski definition) is 3. The van der Waals surface area contributed by atoms with Crippen LogP contribution >= 0.6 is 12.4 Å². The van der Waals surface area contributed by atoms with Crippen molar-refractivity contribution in [2.75, 3.05) is 13.1 Å². The van der Waals surface area contributed by atoms with Gasteiger partial charge in [0.05, 0.1) is 0 Å². The Labute approximate surface area is 91.1 Å². The summed E-state index contributed by atoms with van der Waals surface area (Å²) >= 11 is 0. The molecular weight excluding hydrogens is 198 g/mol. The van der Waals surface area contributed by atoms with E-state index in [-0.39, 0.29) is 12.4 Å². The second-order valence-corrected chi connectivity index (χ2v) is 3.70. The van der Waals surface area contributed by atoms with Crippen molar-refractivity contribution in [1.29, 1.82) is 0 Å². The van der Waals surface area contributed by atoms with Gasteiger partial charge < -0.3 is 15.6 Å². The van der Waals surface area contributed by atoms with Gasteiger partial charge in [-0.25, -0.2) is 0 Å². The average Bonchev–Trinajstić information content (AvgIpc) is 2.74. The lowest BCUT2D eigenvalue weighted by Crippen LogP contribution is -2.33. The molecule has 0 radical (unpaired) electrons. The summed E-state index contributed by atoms with van der Waals surface area (Å²) in [5.41, 5.74) is 1.27. The van der Waals surface area contributed by atoms with Crippen LogP contribution in [-0.4, -0.2) is 24.1 Å². The Kier molecular flexibility index (Phi) is 4.45. The molecule has 4 heteroatoms. The topological polar surface area (TPSA) is 39.8 Å². The zero-order valence-electron chi connectivity index (χ0n) is 8.42. The van der Waals surface area contributed by atoms with Crippen LogP contribution in [0.2, 0.25) is 0 Å². The molecule has 0 aromatic carbocycles. The van der Waals surface area contributed by atoms with Gasteiger partial charge in [0.1, 0.15) is 0 Å². The van der Waals surface area contributed by atoms with E-state index in [9.17, 15) is 0 Å². The summed E-state index contributed by atoms with van der Waals surface area (Å²) in [6.07, 6.45) is 3.21.